The molecule has 1 amide bonds. The van der Waals surface area contributed by atoms with Crippen LogP contribution in [0.1, 0.15) is 24.0 Å². The summed E-state index contributed by atoms with van der Waals surface area (Å²) in [4.78, 5) is 14.3. The van der Waals surface area contributed by atoms with Gasteiger partial charge in [-0.15, -0.1) is 0 Å². The summed E-state index contributed by atoms with van der Waals surface area (Å²) >= 11 is 0. The Morgan fingerprint density at radius 1 is 1.11 bits per heavy atom. The quantitative estimate of drug-likeness (QED) is 0.805. The van der Waals surface area contributed by atoms with E-state index in [4.69, 9.17) is 5.26 Å². The van der Waals surface area contributed by atoms with Gasteiger partial charge in [0.15, 0.2) is 0 Å². The standard InChI is InChI=1S/C20H19F3N4O/c21-20(22,23)15-7-8-18(27-9-3-4-10-27)17(11-15)25-13-19(28)26-16-6-2-1-5-14(16)12-24/h1-2,5-8,11,25H,3-4,9-10,13H2,(H,26,28). The van der Waals surface area contributed by atoms with Gasteiger partial charge in [-0.2, -0.15) is 18.4 Å². The Bertz CT molecular complexity index is 899. The highest BCUT2D eigenvalue weighted by molar-refractivity contribution is 5.95. The maximum Gasteiger partial charge on any atom is 0.416 e. The van der Waals surface area contributed by atoms with Crippen molar-refractivity contribution in [2.75, 3.05) is 35.2 Å². The normalized spacial score (nSPS) is 13.9. The monoisotopic (exact) mass is 388 g/mol. The molecular weight excluding hydrogens is 369 g/mol. The third-order valence-electron chi connectivity index (χ3n) is 4.53. The highest BCUT2D eigenvalue weighted by Gasteiger charge is 2.31. The third kappa shape index (κ3) is 4.55. The molecule has 1 aliphatic rings. The zero-order chi connectivity index (χ0) is 20.1. The molecule has 1 saturated heterocycles. The van der Waals surface area contributed by atoms with E-state index in [1.807, 2.05) is 11.0 Å². The lowest BCUT2D eigenvalue weighted by Crippen LogP contribution is -2.25. The summed E-state index contributed by atoms with van der Waals surface area (Å²) in [6, 6.07) is 12.0. The van der Waals surface area contributed by atoms with Crippen LogP contribution < -0.4 is 15.5 Å². The molecule has 1 aliphatic heterocycles. The molecular formula is C20H19F3N4O. The van der Waals surface area contributed by atoms with Crippen LogP contribution in [0.5, 0.6) is 0 Å². The van der Waals surface area contributed by atoms with Crippen molar-refractivity contribution in [3.8, 4) is 6.07 Å². The first-order valence-electron chi connectivity index (χ1n) is 8.87. The summed E-state index contributed by atoms with van der Waals surface area (Å²) in [5.74, 6) is -0.451. The lowest BCUT2D eigenvalue weighted by molar-refractivity contribution is -0.137. The minimum absolute atomic E-state index is 0.220. The second-order valence-electron chi connectivity index (χ2n) is 6.48. The molecule has 0 atom stereocenters. The first kappa shape index (κ1) is 19.5. The number of anilines is 3. The van der Waals surface area contributed by atoms with Crippen LogP contribution in [0.25, 0.3) is 0 Å². The number of halogens is 3. The number of amides is 1. The predicted octanol–water partition coefficient (Wildman–Crippen LogP) is 4.23. The Morgan fingerprint density at radius 2 is 1.82 bits per heavy atom. The fourth-order valence-electron chi connectivity index (χ4n) is 3.15. The zero-order valence-electron chi connectivity index (χ0n) is 15.0. The SMILES string of the molecule is N#Cc1ccccc1NC(=O)CNc1cc(C(F)(F)F)ccc1N1CCCC1. The van der Waals surface area contributed by atoms with Gasteiger partial charge in [0.2, 0.25) is 5.91 Å². The molecule has 3 rings (SSSR count). The van der Waals surface area contributed by atoms with Crippen molar-refractivity contribution >= 4 is 23.0 Å². The average molecular weight is 388 g/mol. The Labute approximate surface area is 160 Å². The topological polar surface area (TPSA) is 68.2 Å². The van der Waals surface area contributed by atoms with E-state index >= 15 is 0 Å². The molecule has 8 heteroatoms. The van der Waals surface area contributed by atoms with Crippen LogP contribution in [0.3, 0.4) is 0 Å². The molecule has 2 N–H and O–H groups in total. The molecule has 5 nitrogen and oxygen atoms in total. The first-order valence-corrected chi connectivity index (χ1v) is 8.87. The summed E-state index contributed by atoms with van der Waals surface area (Å²) in [6.45, 7) is 1.31. The van der Waals surface area contributed by atoms with Crippen LogP contribution in [0.2, 0.25) is 0 Å². The molecule has 1 heterocycles. The maximum atomic E-state index is 13.1. The summed E-state index contributed by atoms with van der Waals surface area (Å²) in [5, 5.41) is 14.5. The smallest absolute Gasteiger partial charge is 0.374 e. The second-order valence-corrected chi connectivity index (χ2v) is 6.48. The third-order valence-corrected chi connectivity index (χ3v) is 4.53. The van der Waals surface area contributed by atoms with Gasteiger partial charge in [0.05, 0.1) is 34.7 Å². The molecule has 2 aromatic carbocycles. The molecule has 28 heavy (non-hydrogen) atoms. The average Bonchev–Trinajstić information content (AvgIpc) is 3.20. The van der Waals surface area contributed by atoms with Gasteiger partial charge in [0, 0.05) is 13.1 Å². The number of alkyl halides is 3. The fraction of sp³-hybridized carbons (Fsp3) is 0.300. The number of carbonyl (C=O) groups is 1. The number of nitrogens with one attached hydrogen (secondary N) is 2. The lowest BCUT2D eigenvalue weighted by Gasteiger charge is -2.23. The number of rotatable bonds is 5. The van der Waals surface area contributed by atoms with E-state index in [0.29, 0.717) is 16.9 Å². The van der Waals surface area contributed by atoms with Gasteiger partial charge in [-0.25, -0.2) is 0 Å². The molecule has 0 bridgehead atoms. The fourth-order valence-corrected chi connectivity index (χ4v) is 3.15. The van der Waals surface area contributed by atoms with E-state index in [1.54, 1.807) is 24.3 Å². The maximum absolute atomic E-state index is 13.1. The van der Waals surface area contributed by atoms with E-state index in [1.165, 1.54) is 6.07 Å². The number of hydrogen-bond acceptors (Lipinski definition) is 4. The number of para-hydroxylation sites is 1. The van der Waals surface area contributed by atoms with Gasteiger partial charge in [-0.1, -0.05) is 12.1 Å². The van der Waals surface area contributed by atoms with Gasteiger partial charge < -0.3 is 15.5 Å². The summed E-state index contributed by atoms with van der Waals surface area (Å²) < 4.78 is 39.3. The predicted molar refractivity (Wildman–Crippen MR) is 101 cm³/mol. The van der Waals surface area contributed by atoms with Crippen LogP contribution in [-0.4, -0.2) is 25.5 Å². The Morgan fingerprint density at radius 3 is 2.50 bits per heavy atom. The molecule has 0 radical (unpaired) electrons. The first-order chi connectivity index (χ1) is 13.4. The Kier molecular flexibility index (Phi) is 5.73. The minimum atomic E-state index is -4.46. The molecule has 0 saturated carbocycles. The van der Waals surface area contributed by atoms with Crippen LogP contribution in [0.4, 0.5) is 30.2 Å². The lowest BCUT2D eigenvalue weighted by atomic mass is 10.1. The van der Waals surface area contributed by atoms with Crippen molar-refractivity contribution in [1.82, 2.24) is 0 Å². The van der Waals surface area contributed by atoms with Crippen molar-refractivity contribution in [3.63, 3.8) is 0 Å². The number of nitriles is 1. The molecule has 146 valence electrons. The van der Waals surface area contributed by atoms with Crippen LogP contribution in [-0.2, 0) is 11.0 Å². The number of benzene rings is 2. The van der Waals surface area contributed by atoms with Gasteiger partial charge in [0.25, 0.3) is 0 Å². The highest BCUT2D eigenvalue weighted by Crippen LogP contribution is 2.36. The molecule has 0 aromatic heterocycles. The van der Waals surface area contributed by atoms with Crippen molar-refractivity contribution in [1.29, 1.82) is 5.26 Å². The zero-order valence-corrected chi connectivity index (χ0v) is 15.0. The number of nitrogens with zero attached hydrogens (tertiary/aromatic N) is 2. The van der Waals surface area contributed by atoms with Crippen LogP contribution >= 0.6 is 0 Å². The summed E-state index contributed by atoms with van der Waals surface area (Å²) in [6.07, 6.45) is -2.51. The molecule has 1 fully saturated rings. The number of carbonyl (C=O) groups excluding carboxylic acids is 1. The van der Waals surface area contributed by atoms with Crippen molar-refractivity contribution < 1.29 is 18.0 Å². The van der Waals surface area contributed by atoms with Crippen molar-refractivity contribution in [2.45, 2.75) is 19.0 Å². The van der Waals surface area contributed by atoms with Crippen LogP contribution in [0.15, 0.2) is 42.5 Å². The Hall–Kier alpha value is -3.21. The van der Waals surface area contributed by atoms with E-state index < -0.39 is 17.6 Å². The molecule has 0 unspecified atom stereocenters. The number of hydrogen-bond donors (Lipinski definition) is 2. The Balaban J connectivity index is 1.76. The van der Waals surface area contributed by atoms with E-state index in [0.717, 1.165) is 38.1 Å². The van der Waals surface area contributed by atoms with Gasteiger partial charge in [0.1, 0.15) is 6.07 Å². The van der Waals surface area contributed by atoms with Crippen molar-refractivity contribution in [3.05, 3.63) is 53.6 Å². The van der Waals surface area contributed by atoms with Crippen molar-refractivity contribution in [2.24, 2.45) is 0 Å². The van der Waals surface area contributed by atoms with Gasteiger partial charge >= 0.3 is 6.18 Å². The summed E-state index contributed by atoms with van der Waals surface area (Å²) in [5.41, 5.74) is 0.817. The molecule has 2 aromatic rings. The largest absolute Gasteiger partial charge is 0.416 e. The van der Waals surface area contributed by atoms with Gasteiger partial charge in [-0.05, 0) is 43.2 Å². The summed E-state index contributed by atoms with van der Waals surface area (Å²) in [7, 11) is 0. The molecule has 0 spiro atoms. The van der Waals surface area contributed by atoms with E-state index in [2.05, 4.69) is 10.6 Å². The van der Waals surface area contributed by atoms with E-state index in [-0.39, 0.29) is 12.2 Å². The minimum Gasteiger partial charge on any atom is -0.374 e. The second kappa shape index (κ2) is 8.21. The van der Waals surface area contributed by atoms with E-state index in [9.17, 15) is 18.0 Å². The van der Waals surface area contributed by atoms with Gasteiger partial charge in [-0.3, -0.25) is 4.79 Å². The molecule has 0 aliphatic carbocycles. The highest BCUT2D eigenvalue weighted by atomic mass is 19.4. The van der Waals surface area contributed by atoms with Crippen LogP contribution in [0, 0.1) is 11.3 Å².